The Balaban J connectivity index is 1.75. The molecular formula is C13H24N2O3. The maximum Gasteiger partial charge on any atom is 0.248 e. The molecule has 0 aromatic rings. The van der Waals surface area contributed by atoms with Crippen molar-refractivity contribution < 1.29 is 14.3 Å². The maximum atomic E-state index is 12.0. The number of carbonyl (C=O) groups is 1. The van der Waals surface area contributed by atoms with Crippen LogP contribution in [0.2, 0.25) is 0 Å². The van der Waals surface area contributed by atoms with Crippen molar-refractivity contribution in [3.8, 4) is 0 Å². The van der Waals surface area contributed by atoms with E-state index >= 15 is 0 Å². The highest BCUT2D eigenvalue weighted by atomic mass is 16.5. The van der Waals surface area contributed by atoms with Gasteiger partial charge in [-0.2, -0.15) is 0 Å². The third kappa shape index (κ3) is 3.67. The van der Waals surface area contributed by atoms with E-state index in [-0.39, 0.29) is 12.5 Å². The van der Waals surface area contributed by atoms with Gasteiger partial charge in [0.15, 0.2) is 0 Å². The summed E-state index contributed by atoms with van der Waals surface area (Å²) >= 11 is 0. The van der Waals surface area contributed by atoms with Gasteiger partial charge in [0.25, 0.3) is 0 Å². The smallest absolute Gasteiger partial charge is 0.248 e. The average Bonchev–Trinajstić information content (AvgIpc) is 2.71. The Morgan fingerprint density at radius 2 is 2.06 bits per heavy atom. The van der Waals surface area contributed by atoms with E-state index in [9.17, 15) is 4.79 Å². The number of carbonyl (C=O) groups excluding carboxylic acids is 1. The van der Waals surface area contributed by atoms with Crippen LogP contribution in [0.15, 0.2) is 0 Å². The summed E-state index contributed by atoms with van der Waals surface area (Å²) in [4.78, 5) is 16.5. The van der Waals surface area contributed by atoms with Gasteiger partial charge in [0, 0.05) is 32.8 Å². The van der Waals surface area contributed by atoms with Crippen molar-refractivity contribution in [2.45, 2.75) is 25.3 Å². The summed E-state index contributed by atoms with van der Waals surface area (Å²) in [6.45, 7) is 5.33. The molecule has 0 aromatic heterocycles. The van der Waals surface area contributed by atoms with Crippen molar-refractivity contribution in [2.75, 3.05) is 53.1 Å². The van der Waals surface area contributed by atoms with Crippen LogP contribution in [0.3, 0.4) is 0 Å². The van der Waals surface area contributed by atoms with Gasteiger partial charge in [-0.3, -0.25) is 9.69 Å². The number of fused-ring (bicyclic) bond motifs is 1. The molecule has 2 fully saturated rings. The summed E-state index contributed by atoms with van der Waals surface area (Å²) < 4.78 is 10.2. The number of ether oxygens (including phenoxy) is 2. The minimum atomic E-state index is 0.125. The van der Waals surface area contributed by atoms with E-state index in [0.29, 0.717) is 19.3 Å². The largest absolute Gasteiger partial charge is 0.382 e. The number of hydrogen-bond donors (Lipinski definition) is 0. The molecule has 0 bridgehead atoms. The topological polar surface area (TPSA) is 42.0 Å². The normalized spacial score (nSPS) is 24.9. The van der Waals surface area contributed by atoms with Crippen LogP contribution in [0.4, 0.5) is 0 Å². The summed E-state index contributed by atoms with van der Waals surface area (Å²) in [5.41, 5.74) is 0. The van der Waals surface area contributed by atoms with E-state index in [1.807, 2.05) is 4.90 Å². The predicted molar refractivity (Wildman–Crippen MR) is 68.5 cm³/mol. The molecule has 0 radical (unpaired) electrons. The van der Waals surface area contributed by atoms with Gasteiger partial charge in [-0.1, -0.05) is 0 Å². The lowest BCUT2D eigenvalue weighted by molar-refractivity contribution is -0.136. The van der Waals surface area contributed by atoms with Crippen LogP contribution in [-0.4, -0.2) is 74.9 Å². The van der Waals surface area contributed by atoms with Gasteiger partial charge in [-0.05, 0) is 25.8 Å². The zero-order chi connectivity index (χ0) is 12.8. The summed E-state index contributed by atoms with van der Waals surface area (Å²) in [6.07, 6.45) is 3.59. The van der Waals surface area contributed by atoms with Crippen molar-refractivity contribution in [3.63, 3.8) is 0 Å². The van der Waals surface area contributed by atoms with Gasteiger partial charge >= 0.3 is 0 Å². The summed E-state index contributed by atoms with van der Waals surface area (Å²) in [7, 11) is 1.63. The Morgan fingerprint density at radius 1 is 1.22 bits per heavy atom. The third-order valence-corrected chi connectivity index (χ3v) is 3.81. The molecule has 1 atom stereocenters. The minimum absolute atomic E-state index is 0.125. The highest BCUT2D eigenvalue weighted by Crippen LogP contribution is 2.21. The van der Waals surface area contributed by atoms with Gasteiger partial charge in [0.2, 0.25) is 5.91 Å². The van der Waals surface area contributed by atoms with Crippen molar-refractivity contribution in [1.29, 1.82) is 0 Å². The molecule has 2 rings (SSSR count). The van der Waals surface area contributed by atoms with Crippen molar-refractivity contribution in [3.05, 3.63) is 0 Å². The molecular weight excluding hydrogens is 232 g/mol. The van der Waals surface area contributed by atoms with Crippen LogP contribution < -0.4 is 0 Å². The quantitative estimate of drug-likeness (QED) is 0.666. The van der Waals surface area contributed by atoms with Gasteiger partial charge in [0.1, 0.15) is 6.61 Å². The highest BCUT2D eigenvalue weighted by Gasteiger charge is 2.30. The molecule has 2 heterocycles. The molecule has 0 saturated carbocycles. The van der Waals surface area contributed by atoms with E-state index in [1.165, 1.54) is 19.4 Å². The van der Waals surface area contributed by atoms with Gasteiger partial charge in [-0.25, -0.2) is 0 Å². The molecule has 5 nitrogen and oxygen atoms in total. The molecule has 1 amide bonds. The fraction of sp³-hybridized carbons (Fsp3) is 0.923. The van der Waals surface area contributed by atoms with Crippen molar-refractivity contribution >= 4 is 5.91 Å². The van der Waals surface area contributed by atoms with Crippen LogP contribution in [0, 0.1) is 0 Å². The van der Waals surface area contributed by atoms with Crippen LogP contribution in [0.1, 0.15) is 19.3 Å². The first-order chi connectivity index (χ1) is 8.81. The Morgan fingerprint density at radius 3 is 2.89 bits per heavy atom. The number of methoxy groups -OCH3 is 1. The number of amides is 1. The molecule has 2 aliphatic rings. The molecule has 0 N–H and O–H groups in total. The molecule has 5 heteroatoms. The average molecular weight is 256 g/mol. The van der Waals surface area contributed by atoms with E-state index in [2.05, 4.69) is 4.90 Å². The van der Waals surface area contributed by atoms with E-state index in [0.717, 1.165) is 26.1 Å². The SMILES string of the molecule is COCCOCC(=O)N1CCCN2CCCC2C1. The molecule has 0 spiro atoms. The molecule has 104 valence electrons. The zero-order valence-electron chi connectivity index (χ0n) is 11.3. The van der Waals surface area contributed by atoms with Gasteiger partial charge in [-0.15, -0.1) is 0 Å². The molecule has 0 aliphatic carbocycles. The lowest BCUT2D eigenvalue weighted by atomic mass is 10.2. The minimum Gasteiger partial charge on any atom is -0.382 e. The summed E-state index contributed by atoms with van der Waals surface area (Å²) in [5, 5.41) is 0. The summed E-state index contributed by atoms with van der Waals surface area (Å²) in [5.74, 6) is 0.125. The Bertz CT molecular complexity index is 273. The number of hydrogen-bond acceptors (Lipinski definition) is 4. The maximum absolute atomic E-state index is 12.0. The zero-order valence-corrected chi connectivity index (χ0v) is 11.3. The van der Waals surface area contributed by atoms with Gasteiger partial charge < -0.3 is 14.4 Å². The molecule has 18 heavy (non-hydrogen) atoms. The fourth-order valence-corrected chi connectivity index (χ4v) is 2.83. The first kappa shape index (κ1) is 13.8. The molecule has 1 unspecified atom stereocenters. The van der Waals surface area contributed by atoms with Crippen LogP contribution in [0.5, 0.6) is 0 Å². The molecule has 2 aliphatic heterocycles. The van der Waals surface area contributed by atoms with Crippen LogP contribution in [-0.2, 0) is 14.3 Å². The lowest BCUT2D eigenvalue weighted by Gasteiger charge is -2.25. The highest BCUT2D eigenvalue weighted by molar-refractivity contribution is 5.77. The first-order valence-corrected chi connectivity index (χ1v) is 6.90. The van der Waals surface area contributed by atoms with E-state index in [4.69, 9.17) is 9.47 Å². The van der Waals surface area contributed by atoms with Crippen molar-refractivity contribution in [1.82, 2.24) is 9.80 Å². The predicted octanol–water partition coefficient (Wildman–Crippen LogP) is 0.346. The molecule has 0 aromatic carbocycles. The molecule has 2 saturated heterocycles. The number of nitrogens with zero attached hydrogens (tertiary/aromatic N) is 2. The van der Waals surface area contributed by atoms with Crippen molar-refractivity contribution in [2.24, 2.45) is 0 Å². The third-order valence-electron chi connectivity index (χ3n) is 3.81. The lowest BCUT2D eigenvalue weighted by Crippen LogP contribution is -2.41. The second-order valence-corrected chi connectivity index (χ2v) is 5.07. The Labute approximate surface area is 109 Å². The van der Waals surface area contributed by atoms with Gasteiger partial charge in [0.05, 0.1) is 13.2 Å². The Kier molecular flexibility index (Phi) is 5.41. The Hall–Kier alpha value is -0.650. The van der Waals surface area contributed by atoms with Crippen LogP contribution in [0.25, 0.3) is 0 Å². The number of rotatable bonds is 5. The first-order valence-electron chi connectivity index (χ1n) is 6.90. The fourth-order valence-electron chi connectivity index (χ4n) is 2.83. The van der Waals surface area contributed by atoms with E-state index in [1.54, 1.807) is 7.11 Å². The second-order valence-electron chi connectivity index (χ2n) is 5.07. The summed E-state index contributed by atoms with van der Waals surface area (Å²) in [6, 6.07) is 0.579. The standard InChI is InChI=1S/C13H24N2O3/c1-17-8-9-18-11-13(16)15-7-3-6-14-5-2-4-12(14)10-15/h12H,2-11H2,1H3. The van der Waals surface area contributed by atoms with E-state index < -0.39 is 0 Å². The van der Waals surface area contributed by atoms with Crippen LogP contribution >= 0.6 is 0 Å². The monoisotopic (exact) mass is 256 g/mol. The second kappa shape index (κ2) is 7.07.